The van der Waals surface area contributed by atoms with E-state index in [-0.39, 0.29) is 45.6 Å². The number of phenolic OH excluding ortho intramolecular Hbond substituents is 1. The molecule has 0 bridgehead atoms. The Morgan fingerprint density at radius 1 is 1.00 bits per heavy atom. The first-order valence-electron chi connectivity index (χ1n) is 9.85. The molecule has 33 heavy (non-hydrogen) atoms. The van der Waals surface area contributed by atoms with Crippen molar-refractivity contribution in [2.24, 2.45) is 0 Å². The Morgan fingerprint density at radius 3 is 2.33 bits per heavy atom. The number of hydrogen-bond acceptors (Lipinski definition) is 6. The number of thioether (sulfide) groups is 1. The van der Waals surface area contributed by atoms with E-state index in [4.69, 9.17) is 4.74 Å². The molecule has 0 aliphatic heterocycles. The maximum Gasteiger partial charge on any atom is 0.259 e. The minimum atomic E-state index is -0.275. The summed E-state index contributed by atoms with van der Waals surface area (Å²) in [6.07, 6.45) is 0. The van der Waals surface area contributed by atoms with E-state index in [1.54, 1.807) is 24.3 Å². The van der Waals surface area contributed by atoms with Crippen LogP contribution in [0.1, 0.15) is 10.4 Å². The molecule has 0 atom stereocenters. The highest BCUT2D eigenvalue weighted by atomic mass is 79.9. The van der Waals surface area contributed by atoms with Gasteiger partial charge in [0, 0.05) is 17.2 Å². The summed E-state index contributed by atoms with van der Waals surface area (Å²) in [5.74, 6) is 0.356. The van der Waals surface area contributed by atoms with Gasteiger partial charge in [-0.15, -0.1) is 17.0 Å². The van der Waals surface area contributed by atoms with Crippen LogP contribution in [-0.4, -0.2) is 33.3 Å². The predicted molar refractivity (Wildman–Crippen MR) is 135 cm³/mol. The molecule has 1 aromatic heterocycles. The maximum atomic E-state index is 13.1. The van der Waals surface area contributed by atoms with Gasteiger partial charge in [-0.3, -0.25) is 14.2 Å². The van der Waals surface area contributed by atoms with Crippen molar-refractivity contribution in [2.75, 3.05) is 12.9 Å². The zero-order valence-electron chi connectivity index (χ0n) is 17.7. The van der Waals surface area contributed by atoms with Crippen molar-refractivity contribution in [1.82, 2.24) is 9.55 Å². The van der Waals surface area contributed by atoms with Crippen molar-refractivity contribution in [3.8, 4) is 28.4 Å². The molecule has 168 valence electrons. The molecule has 0 aliphatic rings. The van der Waals surface area contributed by atoms with Crippen LogP contribution in [0.3, 0.4) is 0 Å². The SMILES string of the molecule is Br.COc1cc(-c2cc(=O)n(-c3ccccc3)c(SCC(=O)c3ccccc3)n2)ccc1O. The van der Waals surface area contributed by atoms with E-state index >= 15 is 0 Å². The summed E-state index contributed by atoms with van der Waals surface area (Å²) in [6, 6.07) is 24.4. The van der Waals surface area contributed by atoms with Crippen LogP contribution in [0, 0.1) is 0 Å². The summed E-state index contributed by atoms with van der Waals surface area (Å²) >= 11 is 1.20. The van der Waals surface area contributed by atoms with Crippen molar-refractivity contribution in [1.29, 1.82) is 0 Å². The molecule has 0 unspecified atom stereocenters. The van der Waals surface area contributed by atoms with Gasteiger partial charge >= 0.3 is 0 Å². The van der Waals surface area contributed by atoms with Gasteiger partial charge in [0.05, 0.1) is 24.2 Å². The van der Waals surface area contributed by atoms with E-state index in [2.05, 4.69) is 4.98 Å². The molecule has 1 heterocycles. The zero-order chi connectivity index (χ0) is 22.5. The summed E-state index contributed by atoms with van der Waals surface area (Å²) < 4.78 is 6.67. The standard InChI is InChI=1S/C25H20N2O4S.BrH/c1-31-23-14-18(12-13-21(23)28)20-15-24(30)27(19-10-6-3-7-11-19)25(26-20)32-16-22(29)17-8-4-2-5-9-17;/h2-15,28H,16H2,1H3;1H. The third kappa shape index (κ3) is 5.53. The second-order valence-corrected chi connectivity index (χ2v) is 7.84. The molecule has 0 fully saturated rings. The Labute approximate surface area is 205 Å². The molecule has 0 saturated heterocycles. The van der Waals surface area contributed by atoms with Crippen LogP contribution in [0.5, 0.6) is 11.5 Å². The van der Waals surface area contributed by atoms with Crippen molar-refractivity contribution >= 4 is 34.5 Å². The smallest absolute Gasteiger partial charge is 0.259 e. The molecular weight excluding hydrogens is 504 g/mol. The number of aromatic hydroxyl groups is 1. The number of methoxy groups -OCH3 is 1. The molecule has 0 amide bonds. The van der Waals surface area contributed by atoms with Crippen LogP contribution in [0.4, 0.5) is 0 Å². The van der Waals surface area contributed by atoms with E-state index in [0.29, 0.717) is 27.7 Å². The van der Waals surface area contributed by atoms with Gasteiger partial charge in [0.2, 0.25) is 0 Å². The molecule has 3 aromatic carbocycles. The van der Waals surface area contributed by atoms with Gasteiger partial charge in [-0.25, -0.2) is 4.98 Å². The molecule has 0 radical (unpaired) electrons. The van der Waals surface area contributed by atoms with Crippen LogP contribution in [0.25, 0.3) is 16.9 Å². The van der Waals surface area contributed by atoms with Crippen molar-refractivity contribution < 1.29 is 14.6 Å². The highest BCUT2D eigenvalue weighted by Gasteiger charge is 2.16. The van der Waals surface area contributed by atoms with Crippen molar-refractivity contribution in [2.45, 2.75) is 5.16 Å². The quantitative estimate of drug-likeness (QED) is 0.204. The van der Waals surface area contributed by atoms with E-state index < -0.39 is 0 Å². The van der Waals surface area contributed by atoms with Gasteiger partial charge in [-0.2, -0.15) is 0 Å². The van der Waals surface area contributed by atoms with Crippen LogP contribution < -0.4 is 10.3 Å². The van der Waals surface area contributed by atoms with Crippen molar-refractivity contribution in [3.05, 3.63) is 101 Å². The molecule has 0 saturated carbocycles. The predicted octanol–water partition coefficient (Wildman–Crippen LogP) is 5.17. The number of para-hydroxylation sites is 1. The number of benzene rings is 3. The number of halogens is 1. The third-order valence-corrected chi connectivity index (χ3v) is 5.74. The minimum Gasteiger partial charge on any atom is -0.504 e. The van der Waals surface area contributed by atoms with Crippen LogP contribution in [-0.2, 0) is 0 Å². The van der Waals surface area contributed by atoms with Crippen molar-refractivity contribution in [3.63, 3.8) is 0 Å². The van der Waals surface area contributed by atoms with Crippen LogP contribution in [0.15, 0.2) is 94.9 Å². The highest BCUT2D eigenvalue weighted by molar-refractivity contribution is 8.93. The second-order valence-electron chi connectivity index (χ2n) is 6.90. The Morgan fingerprint density at radius 2 is 1.67 bits per heavy atom. The average Bonchev–Trinajstić information content (AvgIpc) is 2.83. The Kier molecular flexibility index (Phi) is 8.08. The summed E-state index contributed by atoms with van der Waals surface area (Å²) in [4.78, 5) is 30.4. The Balaban J connectivity index is 0.00000306. The highest BCUT2D eigenvalue weighted by Crippen LogP contribution is 2.31. The fraction of sp³-hybridized carbons (Fsp3) is 0.0800. The fourth-order valence-electron chi connectivity index (χ4n) is 3.19. The first-order chi connectivity index (χ1) is 15.6. The van der Waals surface area contributed by atoms with Gasteiger partial charge in [0.1, 0.15) is 0 Å². The number of aromatic nitrogens is 2. The third-order valence-electron chi connectivity index (χ3n) is 4.81. The molecular formula is C25H21BrN2O4S. The lowest BCUT2D eigenvalue weighted by atomic mass is 10.1. The first-order valence-corrected chi connectivity index (χ1v) is 10.8. The lowest BCUT2D eigenvalue weighted by molar-refractivity contribution is 0.102. The van der Waals surface area contributed by atoms with E-state index in [9.17, 15) is 14.7 Å². The summed E-state index contributed by atoms with van der Waals surface area (Å²) in [6.45, 7) is 0. The lowest BCUT2D eigenvalue weighted by Crippen LogP contribution is -2.21. The van der Waals surface area contributed by atoms with Crippen LogP contribution >= 0.6 is 28.7 Å². The second kappa shape index (κ2) is 11.0. The topological polar surface area (TPSA) is 81.4 Å². The first kappa shape index (κ1) is 24.3. The molecule has 4 rings (SSSR count). The van der Waals surface area contributed by atoms with E-state index in [0.717, 1.165) is 0 Å². The number of carbonyl (C=O) groups excluding carboxylic acids is 1. The number of ketones is 1. The number of Topliss-reactive ketones (excluding diaryl/α,β-unsaturated/α-hetero) is 1. The molecule has 0 spiro atoms. The van der Waals surface area contributed by atoms with Crippen LogP contribution in [0.2, 0.25) is 0 Å². The summed E-state index contributed by atoms with van der Waals surface area (Å²) in [5, 5.41) is 10.3. The molecule has 0 aliphatic carbocycles. The fourth-order valence-corrected chi connectivity index (χ4v) is 4.11. The van der Waals surface area contributed by atoms with E-state index in [1.165, 1.54) is 35.6 Å². The number of phenols is 1. The van der Waals surface area contributed by atoms with Gasteiger partial charge in [-0.05, 0) is 30.3 Å². The molecule has 1 N–H and O–H groups in total. The number of rotatable bonds is 7. The number of ether oxygens (including phenoxy) is 1. The largest absolute Gasteiger partial charge is 0.504 e. The molecule has 6 nitrogen and oxygen atoms in total. The molecule has 8 heteroatoms. The zero-order valence-corrected chi connectivity index (χ0v) is 20.2. The van der Waals surface area contributed by atoms with Gasteiger partial charge in [0.25, 0.3) is 5.56 Å². The summed E-state index contributed by atoms with van der Waals surface area (Å²) in [7, 11) is 1.45. The lowest BCUT2D eigenvalue weighted by Gasteiger charge is -2.14. The van der Waals surface area contributed by atoms with Gasteiger partial charge in [0.15, 0.2) is 22.4 Å². The normalized spacial score (nSPS) is 10.3. The number of hydrogen-bond donors (Lipinski definition) is 1. The number of nitrogens with zero attached hydrogens (tertiary/aromatic N) is 2. The van der Waals surface area contributed by atoms with Gasteiger partial charge in [-0.1, -0.05) is 60.3 Å². The minimum absolute atomic E-state index is 0. The summed E-state index contributed by atoms with van der Waals surface area (Å²) in [5.41, 5.74) is 2.04. The Bertz CT molecular complexity index is 1310. The van der Waals surface area contributed by atoms with E-state index in [1.807, 2.05) is 48.5 Å². The monoisotopic (exact) mass is 524 g/mol. The maximum absolute atomic E-state index is 13.1. The average molecular weight is 525 g/mol. The molecule has 4 aromatic rings. The Hall–Kier alpha value is -3.36. The number of carbonyl (C=O) groups is 1. The van der Waals surface area contributed by atoms with Gasteiger partial charge < -0.3 is 9.84 Å².